The third kappa shape index (κ3) is 2.82. The first-order valence-electron chi connectivity index (χ1n) is 6.73. The molecule has 1 aliphatic rings. The van der Waals surface area contributed by atoms with Crippen molar-refractivity contribution < 1.29 is 9.84 Å². The number of methoxy groups -OCH3 is 1. The smallest absolute Gasteiger partial charge is 0.119 e. The van der Waals surface area contributed by atoms with Gasteiger partial charge >= 0.3 is 0 Å². The lowest BCUT2D eigenvalue weighted by Gasteiger charge is -2.07. The van der Waals surface area contributed by atoms with Crippen LogP contribution in [0, 0.1) is 5.92 Å². The van der Waals surface area contributed by atoms with Crippen LogP contribution >= 0.6 is 0 Å². The van der Waals surface area contributed by atoms with E-state index in [1.165, 1.54) is 5.56 Å². The Morgan fingerprint density at radius 2 is 2.21 bits per heavy atom. The second-order valence-corrected chi connectivity index (χ2v) is 5.25. The lowest BCUT2D eigenvalue weighted by molar-refractivity contribution is 0.154. The molecular weight excluding hydrogens is 238 g/mol. The quantitative estimate of drug-likeness (QED) is 0.893. The van der Waals surface area contributed by atoms with E-state index in [1.807, 2.05) is 36.7 Å². The standard InChI is InChI=1S/C16H19NO2/c1-19-15-4-2-3-12(9-15)10-17-8-7-14(11-17)16(18)13-5-6-13/h2-4,7-9,11,13,16,18H,5-6,10H2,1H3. The van der Waals surface area contributed by atoms with E-state index >= 15 is 0 Å². The van der Waals surface area contributed by atoms with Crippen LogP contribution in [-0.4, -0.2) is 16.8 Å². The molecule has 0 bridgehead atoms. The fourth-order valence-electron chi connectivity index (χ4n) is 2.40. The molecule has 1 unspecified atom stereocenters. The monoisotopic (exact) mass is 257 g/mol. The van der Waals surface area contributed by atoms with E-state index in [9.17, 15) is 5.11 Å². The van der Waals surface area contributed by atoms with Gasteiger partial charge in [0.05, 0.1) is 13.2 Å². The van der Waals surface area contributed by atoms with E-state index in [0.29, 0.717) is 5.92 Å². The normalized spacial score (nSPS) is 16.3. The van der Waals surface area contributed by atoms with Crippen LogP contribution in [0.1, 0.15) is 30.1 Å². The molecule has 0 radical (unpaired) electrons. The van der Waals surface area contributed by atoms with Crippen LogP contribution in [0.2, 0.25) is 0 Å². The molecule has 3 nitrogen and oxygen atoms in total. The summed E-state index contributed by atoms with van der Waals surface area (Å²) in [4.78, 5) is 0. The van der Waals surface area contributed by atoms with Crippen molar-refractivity contribution in [2.45, 2.75) is 25.5 Å². The Balaban J connectivity index is 1.72. The van der Waals surface area contributed by atoms with Crippen LogP contribution in [0.25, 0.3) is 0 Å². The highest BCUT2D eigenvalue weighted by Crippen LogP contribution is 2.40. The summed E-state index contributed by atoms with van der Waals surface area (Å²) in [6, 6.07) is 10.1. The molecule has 19 heavy (non-hydrogen) atoms. The van der Waals surface area contributed by atoms with Gasteiger partial charge in [0.25, 0.3) is 0 Å². The summed E-state index contributed by atoms with van der Waals surface area (Å²) in [6.45, 7) is 0.800. The summed E-state index contributed by atoms with van der Waals surface area (Å²) < 4.78 is 7.33. The molecule has 1 aromatic carbocycles. The Morgan fingerprint density at radius 1 is 1.37 bits per heavy atom. The first kappa shape index (κ1) is 12.3. The molecule has 1 saturated carbocycles. The molecule has 0 amide bonds. The Bertz CT molecular complexity index is 557. The summed E-state index contributed by atoms with van der Waals surface area (Å²) in [5.41, 5.74) is 2.23. The topological polar surface area (TPSA) is 34.4 Å². The number of aliphatic hydroxyl groups is 1. The SMILES string of the molecule is COc1cccc(Cn2ccc(C(O)C3CC3)c2)c1. The number of benzene rings is 1. The average molecular weight is 257 g/mol. The Morgan fingerprint density at radius 3 is 2.95 bits per heavy atom. The average Bonchev–Trinajstić information content (AvgIpc) is 3.19. The zero-order valence-electron chi connectivity index (χ0n) is 11.1. The van der Waals surface area contributed by atoms with Gasteiger partial charge in [-0.25, -0.2) is 0 Å². The van der Waals surface area contributed by atoms with Crippen molar-refractivity contribution in [2.24, 2.45) is 5.92 Å². The number of aromatic nitrogens is 1. The number of hydrogen-bond acceptors (Lipinski definition) is 2. The van der Waals surface area contributed by atoms with Gasteiger partial charge in [-0.3, -0.25) is 0 Å². The van der Waals surface area contributed by atoms with Crippen molar-refractivity contribution >= 4 is 0 Å². The maximum absolute atomic E-state index is 10.1. The van der Waals surface area contributed by atoms with Crippen LogP contribution in [0.4, 0.5) is 0 Å². The molecular formula is C16H19NO2. The predicted molar refractivity (Wildman–Crippen MR) is 74.2 cm³/mol. The predicted octanol–water partition coefficient (Wildman–Crippen LogP) is 2.99. The second-order valence-electron chi connectivity index (χ2n) is 5.25. The van der Waals surface area contributed by atoms with Gasteiger partial charge in [-0.2, -0.15) is 0 Å². The van der Waals surface area contributed by atoms with E-state index in [1.54, 1.807) is 7.11 Å². The lowest BCUT2D eigenvalue weighted by atomic mass is 10.1. The molecule has 1 atom stereocenters. The van der Waals surface area contributed by atoms with E-state index in [0.717, 1.165) is 30.7 Å². The number of nitrogens with zero attached hydrogens (tertiary/aromatic N) is 1. The molecule has 1 fully saturated rings. The minimum Gasteiger partial charge on any atom is -0.497 e. The minimum absolute atomic E-state index is 0.286. The van der Waals surface area contributed by atoms with Gasteiger partial charge in [0, 0.05) is 18.9 Å². The molecule has 3 heteroatoms. The van der Waals surface area contributed by atoms with Crippen LogP contribution in [0.3, 0.4) is 0 Å². The largest absolute Gasteiger partial charge is 0.497 e. The summed E-state index contributed by atoms with van der Waals surface area (Å²) in [7, 11) is 1.68. The molecule has 1 aliphatic carbocycles. The van der Waals surface area contributed by atoms with Gasteiger partial charge in [-0.1, -0.05) is 12.1 Å². The van der Waals surface area contributed by atoms with E-state index < -0.39 is 0 Å². The van der Waals surface area contributed by atoms with Gasteiger partial charge in [0.2, 0.25) is 0 Å². The molecule has 1 N–H and O–H groups in total. The lowest BCUT2D eigenvalue weighted by Crippen LogP contribution is -1.99. The van der Waals surface area contributed by atoms with E-state index in [2.05, 4.69) is 10.6 Å². The van der Waals surface area contributed by atoms with Crippen LogP contribution < -0.4 is 4.74 Å². The number of ether oxygens (including phenoxy) is 1. The van der Waals surface area contributed by atoms with Crippen molar-refractivity contribution in [1.82, 2.24) is 4.57 Å². The van der Waals surface area contributed by atoms with Crippen molar-refractivity contribution in [3.63, 3.8) is 0 Å². The first-order valence-corrected chi connectivity index (χ1v) is 6.73. The number of hydrogen-bond donors (Lipinski definition) is 1. The fraction of sp³-hybridized carbons (Fsp3) is 0.375. The highest BCUT2D eigenvalue weighted by Gasteiger charge is 2.31. The summed E-state index contributed by atoms with van der Waals surface area (Å²) >= 11 is 0. The molecule has 0 saturated heterocycles. The number of rotatable bonds is 5. The molecule has 0 spiro atoms. The second kappa shape index (κ2) is 5.10. The van der Waals surface area contributed by atoms with Crippen molar-refractivity contribution in [3.8, 4) is 5.75 Å². The zero-order valence-corrected chi connectivity index (χ0v) is 11.1. The maximum atomic E-state index is 10.1. The third-order valence-electron chi connectivity index (χ3n) is 3.68. The van der Waals surface area contributed by atoms with Crippen LogP contribution in [-0.2, 0) is 6.54 Å². The molecule has 3 rings (SSSR count). The van der Waals surface area contributed by atoms with Crippen LogP contribution in [0.15, 0.2) is 42.7 Å². The molecule has 100 valence electrons. The molecule has 0 aliphatic heterocycles. The maximum Gasteiger partial charge on any atom is 0.119 e. The zero-order chi connectivity index (χ0) is 13.2. The van der Waals surface area contributed by atoms with Gasteiger partial charge in [-0.05, 0) is 48.1 Å². The van der Waals surface area contributed by atoms with E-state index in [-0.39, 0.29) is 6.10 Å². The molecule has 1 heterocycles. The van der Waals surface area contributed by atoms with E-state index in [4.69, 9.17) is 4.74 Å². The summed E-state index contributed by atoms with van der Waals surface area (Å²) in [6.07, 6.45) is 6.10. The van der Waals surface area contributed by atoms with Crippen molar-refractivity contribution in [2.75, 3.05) is 7.11 Å². The Hall–Kier alpha value is -1.74. The highest BCUT2D eigenvalue weighted by molar-refractivity contribution is 5.29. The molecule has 1 aromatic heterocycles. The third-order valence-corrected chi connectivity index (χ3v) is 3.68. The van der Waals surface area contributed by atoms with Gasteiger partial charge in [0.1, 0.15) is 5.75 Å². The minimum atomic E-state index is -0.286. The van der Waals surface area contributed by atoms with Crippen molar-refractivity contribution in [3.05, 3.63) is 53.9 Å². The van der Waals surface area contributed by atoms with Gasteiger partial charge < -0.3 is 14.4 Å². The summed E-state index contributed by atoms with van der Waals surface area (Å²) in [5.74, 6) is 1.36. The molecule has 2 aromatic rings. The highest BCUT2D eigenvalue weighted by atomic mass is 16.5. The van der Waals surface area contributed by atoms with Gasteiger partial charge in [0.15, 0.2) is 0 Å². The van der Waals surface area contributed by atoms with Gasteiger partial charge in [-0.15, -0.1) is 0 Å². The fourth-order valence-corrected chi connectivity index (χ4v) is 2.40. The van der Waals surface area contributed by atoms with Crippen LogP contribution in [0.5, 0.6) is 5.75 Å². The Labute approximate surface area is 113 Å². The van der Waals surface area contributed by atoms with Crippen molar-refractivity contribution in [1.29, 1.82) is 0 Å². The first-order chi connectivity index (χ1) is 9.26. The summed E-state index contributed by atoms with van der Waals surface area (Å²) in [5, 5.41) is 10.1. The Kier molecular flexibility index (Phi) is 3.30. The number of aliphatic hydroxyl groups excluding tert-OH is 1.